The van der Waals surface area contributed by atoms with Crippen LogP contribution in [0.3, 0.4) is 0 Å². The van der Waals surface area contributed by atoms with Gasteiger partial charge >= 0.3 is 0 Å². The Morgan fingerprint density at radius 1 is 1.18 bits per heavy atom. The molecule has 10 nitrogen and oxygen atoms in total. The van der Waals surface area contributed by atoms with Crippen molar-refractivity contribution in [1.82, 2.24) is 14.8 Å². The molecule has 172 valence electrons. The molecule has 1 saturated heterocycles. The molecule has 0 aliphatic carbocycles. The van der Waals surface area contributed by atoms with Crippen molar-refractivity contribution in [3.63, 3.8) is 0 Å². The number of nitro groups is 1. The summed E-state index contributed by atoms with van der Waals surface area (Å²) in [7, 11) is 0. The average molecular weight is 469 g/mol. The standard InChI is InChI=1S/C22H24N6O4S/c1-16(20(29)23-18-8-5-9-19(14-18)28(30)31)33-22-25-24-21(26-10-12-32-13-11-26)27(22)15-17-6-3-2-4-7-17/h2-9,14,16H,10-13,15H2,1H3,(H,23,29). The van der Waals surface area contributed by atoms with Crippen molar-refractivity contribution in [3.05, 3.63) is 70.3 Å². The maximum Gasteiger partial charge on any atom is 0.271 e. The predicted molar refractivity (Wildman–Crippen MR) is 126 cm³/mol. The van der Waals surface area contributed by atoms with E-state index in [4.69, 9.17) is 4.74 Å². The molecule has 1 fully saturated rings. The Labute approximate surface area is 195 Å². The molecule has 1 unspecified atom stereocenters. The number of nitrogens with one attached hydrogen (secondary N) is 1. The van der Waals surface area contributed by atoms with E-state index >= 15 is 0 Å². The first-order valence-corrected chi connectivity index (χ1v) is 11.4. The fourth-order valence-electron chi connectivity index (χ4n) is 3.42. The molecule has 1 aliphatic rings. The van der Waals surface area contributed by atoms with Crippen LogP contribution in [-0.2, 0) is 16.1 Å². The summed E-state index contributed by atoms with van der Waals surface area (Å²) in [6, 6.07) is 15.9. The minimum atomic E-state index is -0.500. The summed E-state index contributed by atoms with van der Waals surface area (Å²) in [6.45, 7) is 5.04. The first-order chi connectivity index (χ1) is 16.0. The molecule has 0 radical (unpaired) electrons. The fraction of sp³-hybridized carbons (Fsp3) is 0.318. The second kappa shape index (κ2) is 10.5. The number of thioether (sulfide) groups is 1. The number of aromatic nitrogens is 3. The smallest absolute Gasteiger partial charge is 0.271 e. The van der Waals surface area contributed by atoms with E-state index in [0.29, 0.717) is 30.6 Å². The molecule has 0 saturated carbocycles. The van der Waals surface area contributed by atoms with Gasteiger partial charge in [0, 0.05) is 30.9 Å². The van der Waals surface area contributed by atoms with Gasteiger partial charge in [-0.3, -0.25) is 19.5 Å². The Balaban J connectivity index is 1.52. The van der Waals surface area contributed by atoms with Gasteiger partial charge in [-0.2, -0.15) is 0 Å². The van der Waals surface area contributed by atoms with Crippen LogP contribution in [0.1, 0.15) is 12.5 Å². The summed E-state index contributed by atoms with van der Waals surface area (Å²) in [5.41, 5.74) is 1.40. The van der Waals surface area contributed by atoms with Crippen molar-refractivity contribution in [3.8, 4) is 0 Å². The molecule has 1 aromatic heterocycles. The lowest BCUT2D eigenvalue weighted by Gasteiger charge is -2.28. The molecular formula is C22H24N6O4S. The highest BCUT2D eigenvalue weighted by atomic mass is 32.2. The summed E-state index contributed by atoms with van der Waals surface area (Å²) in [4.78, 5) is 25.4. The molecule has 1 N–H and O–H groups in total. The van der Waals surface area contributed by atoms with E-state index in [1.165, 1.54) is 30.0 Å². The van der Waals surface area contributed by atoms with E-state index in [1.54, 1.807) is 13.0 Å². The molecule has 3 aromatic rings. The Hall–Kier alpha value is -3.44. The largest absolute Gasteiger partial charge is 0.378 e. The summed E-state index contributed by atoms with van der Waals surface area (Å²) in [5, 5.41) is 22.7. The summed E-state index contributed by atoms with van der Waals surface area (Å²) >= 11 is 1.30. The molecule has 4 rings (SSSR count). The van der Waals surface area contributed by atoms with Crippen LogP contribution in [-0.4, -0.2) is 57.1 Å². The number of amides is 1. The Morgan fingerprint density at radius 2 is 1.94 bits per heavy atom. The van der Waals surface area contributed by atoms with Gasteiger partial charge in [0.15, 0.2) is 5.16 Å². The lowest BCUT2D eigenvalue weighted by atomic mass is 10.2. The van der Waals surface area contributed by atoms with Gasteiger partial charge in [0.2, 0.25) is 11.9 Å². The number of carbonyl (C=O) groups excluding carboxylic acids is 1. The number of rotatable bonds is 8. The van der Waals surface area contributed by atoms with Crippen molar-refractivity contribution in [1.29, 1.82) is 0 Å². The van der Waals surface area contributed by atoms with Crippen molar-refractivity contribution in [2.75, 3.05) is 36.5 Å². The molecule has 1 amide bonds. The maximum absolute atomic E-state index is 12.8. The third-order valence-electron chi connectivity index (χ3n) is 5.15. The Morgan fingerprint density at radius 3 is 2.67 bits per heavy atom. The van der Waals surface area contributed by atoms with Gasteiger partial charge in [-0.25, -0.2) is 0 Å². The maximum atomic E-state index is 12.8. The Bertz CT molecular complexity index is 1120. The zero-order valence-corrected chi connectivity index (χ0v) is 18.9. The molecule has 33 heavy (non-hydrogen) atoms. The van der Waals surface area contributed by atoms with Crippen LogP contribution in [0.2, 0.25) is 0 Å². The summed E-state index contributed by atoms with van der Waals surface area (Å²) in [6.07, 6.45) is 0. The highest BCUT2D eigenvalue weighted by Crippen LogP contribution is 2.28. The first kappa shape index (κ1) is 22.7. The van der Waals surface area contributed by atoms with Gasteiger partial charge in [0.05, 0.1) is 29.9 Å². The second-order valence-corrected chi connectivity index (χ2v) is 8.82. The summed E-state index contributed by atoms with van der Waals surface area (Å²) < 4.78 is 7.48. The van der Waals surface area contributed by atoms with Crippen molar-refractivity contribution < 1.29 is 14.5 Å². The van der Waals surface area contributed by atoms with Crippen LogP contribution in [0, 0.1) is 10.1 Å². The van der Waals surface area contributed by atoms with E-state index in [9.17, 15) is 14.9 Å². The van der Waals surface area contributed by atoms with Gasteiger partial charge in [0.25, 0.3) is 5.69 Å². The molecule has 2 heterocycles. The predicted octanol–water partition coefficient (Wildman–Crippen LogP) is 3.19. The minimum absolute atomic E-state index is 0.0779. The number of morpholine rings is 1. The zero-order valence-electron chi connectivity index (χ0n) is 18.1. The third kappa shape index (κ3) is 5.68. The number of nitrogens with zero attached hydrogens (tertiary/aromatic N) is 5. The molecule has 0 spiro atoms. The number of carbonyl (C=O) groups is 1. The normalized spacial score (nSPS) is 14.6. The van der Waals surface area contributed by atoms with E-state index in [-0.39, 0.29) is 11.6 Å². The molecule has 1 atom stereocenters. The highest BCUT2D eigenvalue weighted by Gasteiger charge is 2.24. The number of hydrogen-bond acceptors (Lipinski definition) is 8. The second-order valence-electron chi connectivity index (χ2n) is 7.51. The lowest BCUT2D eigenvalue weighted by molar-refractivity contribution is -0.384. The van der Waals surface area contributed by atoms with E-state index in [0.717, 1.165) is 24.6 Å². The van der Waals surface area contributed by atoms with Gasteiger partial charge in [-0.1, -0.05) is 48.2 Å². The Kier molecular flexibility index (Phi) is 7.20. The number of benzene rings is 2. The molecule has 11 heteroatoms. The van der Waals surface area contributed by atoms with Crippen LogP contribution in [0.5, 0.6) is 0 Å². The molecule has 2 aromatic carbocycles. The van der Waals surface area contributed by atoms with Gasteiger partial charge in [-0.05, 0) is 18.6 Å². The van der Waals surface area contributed by atoms with Gasteiger partial charge in [-0.15, -0.1) is 10.2 Å². The minimum Gasteiger partial charge on any atom is -0.378 e. The monoisotopic (exact) mass is 468 g/mol. The summed E-state index contributed by atoms with van der Waals surface area (Å²) in [5.74, 6) is 0.471. The average Bonchev–Trinajstić information content (AvgIpc) is 3.22. The zero-order chi connectivity index (χ0) is 23.2. The van der Waals surface area contributed by atoms with Gasteiger partial charge in [0.1, 0.15) is 0 Å². The number of hydrogen-bond donors (Lipinski definition) is 1. The van der Waals surface area contributed by atoms with E-state index in [1.807, 2.05) is 34.9 Å². The number of non-ortho nitro benzene ring substituents is 1. The number of anilines is 2. The fourth-order valence-corrected chi connectivity index (χ4v) is 4.27. The number of ether oxygens (including phenoxy) is 1. The highest BCUT2D eigenvalue weighted by molar-refractivity contribution is 8.00. The van der Waals surface area contributed by atoms with E-state index < -0.39 is 10.2 Å². The quantitative estimate of drug-likeness (QED) is 0.304. The molecular weight excluding hydrogens is 444 g/mol. The van der Waals surface area contributed by atoms with Crippen LogP contribution >= 0.6 is 11.8 Å². The van der Waals surface area contributed by atoms with Crippen molar-refractivity contribution in [2.45, 2.75) is 23.9 Å². The van der Waals surface area contributed by atoms with Crippen LogP contribution in [0.4, 0.5) is 17.3 Å². The molecule has 0 bridgehead atoms. The third-order valence-corrected chi connectivity index (χ3v) is 6.23. The SMILES string of the molecule is CC(Sc1nnc(N2CCOCC2)n1Cc1ccccc1)C(=O)Nc1cccc([N+](=O)[O-])c1. The lowest BCUT2D eigenvalue weighted by Crippen LogP contribution is -2.38. The number of nitro benzene ring substituents is 1. The first-order valence-electron chi connectivity index (χ1n) is 10.5. The van der Waals surface area contributed by atoms with E-state index in [2.05, 4.69) is 20.4 Å². The van der Waals surface area contributed by atoms with Crippen LogP contribution in [0.25, 0.3) is 0 Å². The van der Waals surface area contributed by atoms with Crippen LogP contribution < -0.4 is 10.2 Å². The van der Waals surface area contributed by atoms with Crippen molar-refractivity contribution in [2.24, 2.45) is 0 Å². The van der Waals surface area contributed by atoms with Crippen LogP contribution in [0.15, 0.2) is 59.8 Å². The van der Waals surface area contributed by atoms with Gasteiger partial charge < -0.3 is 15.0 Å². The van der Waals surface area contributed by atoms with Crippen molar-refractivity contribution >= 4 is 35.0 Å². The topological polar surface area (TPSA) is 115 Å². The molecule has 1 aliphatic heterocycles.